The minimum atomic E-state index is 0.0641. The number of aromatic nitrogens is 2. The van der Waals surface area contributed by atoms with E-state index in [0.717, 1.165) is 15.8 Å². The summed E-state index contributed by atoms with van der Waals surface area (Å²) in [5.74, 6) is 0.0641. The van der Waals surface area contributed by atoms with Crippen LogP contribution >= 0.6 is 11.3 Å². The molecular formula is C23H14N6S. The Hall–Kier alpha value is -4.25. The molecule has 2 N–H and O–H groups in total. The van der Waals surface area contributed by atoms with Crippen LogP contribution in [0.3, 0.4) is 0 Å². The van der Waals surface area contributed by atoms with Crippen LogP contribution in [0.2, 0.25) is 0 Å². The fraction of sp³-hybridized carbons (Fsp3) is 0.0870. The molecule has 6 nitrogen and oxygen atoms in total. The van der Waals surface area contributed by atoms with E-state index in [2.05, 4.69) is 28.2 Å². The summed E-state index contributed by atoms with van der Waals surface area (Å²) < 4.78 is 0.892. The predicted octanol–water partition coefficient (Wildman–Crippen LogP) is 4.73. The van der Waals surface area contributed by atoms with Crippen LogP contribution in [0, 0.1) is 40.9 Å². The molecule has 0 fully saturated rings. The number of rotatable bonds is 3. The Morgan fingerprint density at radius 2 is 1.67 bits per heavy atom. The Balaban J connectivity index is 2.10. The first-order valence-electron chi connectivity index (χ1n) is 9.04. The quantitative estimate of drug-likeness (QED) is 0.525. The van der Waals surface area contributed by atoms with E-state index in [0.29, 0.717) is 27.3 Å². The summed E-state index contributed by atoms with van der Waals surface area (Å²) in [4.78, 5) is 9.03. The summed E-state index contributed by atoms with van der Waals surface area (Å²) in [7, 11) is 0. The molecule has 0 saturated heterocycles. The van der Waals surface area contributed by atoms with Gasteiger partial charge in [-0.2, -0.15) is 15.8 Å². The molecule has 0 amide bonds. The van der Waals surface area contributed by atoms with Crippen LogP contribution in [0.4, 0.5) is 5.82 Å². The van der Waals surface area contributed by atoms with Gasteiger partial charge in [0.2, 0.25) is 0 Å². The number of para-hydroxylation sites is 1. The highest BCUT2D eigenvalue weighted by atomic mass is 32.1. The summed E-state index contributed by atoms with van der Waals surface area (Å²) in [5, 5.41) is 29.5. The Morgan fingerprint density at radius 1 is 0.933 bits per heavy atom. The normalized spacial score (nSPS) is 10.3. The second kappa shape index (κ2) is 7.64. The zero-order valence-electron chi connectivity index (χ0n) is 16.0. The summed E-state index contributed by atoms with van der Waals surface area (Å²) in [6.45, 7) is 1.92. The lowest BCUT2D eigenvalue weighted by atomic mass is 9.90. The number of thiazole rings is 1. The zero-order valence-corrected chi connectivity index (χ0v) is 16.8. The third-order valence-corrected chi connectivity index (χ3v) is 5.83. The van der Waals surface area contributed by atoms with Gasteiger partial charge in [-0.1, -0.05) is 36.4 Å². The molecule has 0 saturated carbocycles. The third-order valence-electron chi connectivity index (χ3n) is 4.81. The van der Waals surface area contributed by atoms with E-state index < -0.39 is 0 Å². The van der Waals surface area contributed by atoms with Crippen LogP contribution in [0.15, 0.2) is 42.5 Å². The van der Waals surface area contributed by atoms with Crippen LogP contribution < -0.4 is 5.73 Å². The number of aryl methyl sites for hydroxylation is 1. The van der Waals surface area contributed by atoms with Crippen LogP contribution in [0.1, 0.15) is 21.7 Å². The average Bonchev–Trinajstić information content (AvgIpc) is 3.16. The van der Waals surface area contributed by atoms with Crippen LogP contribution in [-0.4, -0.2) is 9.97 Å². The van der Waals surface area contributed by atoms with Gasteiger partial charge in [0.1, 0.15) is 28.5 Å². The average molecular weight is 406 g/mol. The Kier molecular flexibility index (Phi) is 4.86. The molecule has 7 heteroatoms. The molecule has 0 aliphatic heterocycles. The van der Waals surface area contributed by atoms with Crippen LogP contribution in [0.25, 0.3) is 32.6 Å². The number of fused-ring (bicyclic) bond motifs is 1. The maximum absolute atomic E-state index is 10.1. The molecule has 142 valence electrons. The SMILES string of the molecule is Cc1ccccc1-c1c(C#N)c(N)nc(-c2cccc3sc(CC#N)nc23)c1C#N. The molecule has 30 heavy (non-hydrogen) atoms. The van der Waals surface area contributed by atoms with Crippen LogP contribution in [0.5, 0.6) is 0 Å². The highest BCUT2D eigenvalue weighted by Gasteiger charge is 2.23. The number of nitriles is 3. The number of anilines is 1. The van der Waals surface area contributed by atoms with Gasteiger partial charge in [0.15, 0.2) is 0 Å². The van der Waals surface area contributed by atoms with Gasteiger partial charge >= 0.3 is 0 Å². The smallest absolute Gasteiger partial charge is 0.142 e. The third kappa shape index (κ3) is 3.02. The molecule has 2 aromatic heterocycles. The molecule has 0 unspecified atom stereocenters. The van der Waals surface area contributed by atoms with E-state index in [-0.39, 0.29) is 23.4 Å². The van der Waals surface area contributed by atoms with Crippen molar-refractivity contribution in [2.45, 2.75) is 13.3 Å². The van der Waals surface area contributed by atoms with E-state index >= 15 is 0 Å². The van der Waals surface area contributed by atoms with Crippen molar-refractivity contribution >= 4 is 27.4 Å². The lowest BCUT2D eigenvalue weighted by molar-refractivity contribution is 1.21. The standard InChI is InChI=1S/C23H14N6S/c1-13-5-2-3-6-14(13)20-16(11-25)21(29-23(27)17(20)12-26)15-7-4-8-18-22(15)28-19(30-18)9-10-24/h2-8H,9H2,1H3,(H2,27,29). The summed E-state index contributed by atoms with van der Waals surface area (Å²) in [6, 6.07) is 19.6. The summed E-state index contributed by atoms with van der Waals surface area (Å²) >= 11 is 1.43. The highest BCUT2D eigenvalue weighted by molar-refractivity contribution is 7.18. The van der Waals surface area contributed by atoms with Crippen molar-refractivity contribution in [3.05, 3.63) is 64.2 Å². The lowest BCUT2D eigenvalue weighted by Crippen LogP contribution is -2.04. The topological polar surface area (TPSA) is 123 Å². The van der Waals surface area contributed by atoms with Gasteiger partial charge < -0.3 is 5.73 Å². The highest BCUT2D eigenvalue weighted by Crippen LogP contribution is 2.39. The maximum Gasteiger partial charge on any atom is 0.142 e. The van der Waals surface area contributed by atoms with Gasteiger partial charge in [-0.05, 0) is 24.1 Å². The molecule has 0 bridgehead atoms. The fourth-order valence-electron chi connectivity index (χ4n) is 3.47. The van der Waals surface area contributed by atoms with E-state index in [1.54, 1.807) is 0 Å². The molecular weight excluding hydrogens is 392 g/mol. The zero-order chi connectivity index (χ0) is 21.3. The number of pyridine rings is 1. The number of nitrogens with two attached hydrogens (primary N) is 1. The van der Waals surface area contributed by atoms with E-state index in [1.165, 1.54) is 11.3 Å². The van der Waals surface area contributed by atoms with Crippen molar-refractivity contribution in [1.82, 2.24) is 9.97 Å². The van der Waals surface area contributed by atoms with Gasteiger partial charge in [0, 0.05) is 11.1 Å². The summed E-state index contributed by atoms with van der Waals surface area (Å²) in [5.41, 5.74) is 10.5. The molecule has 0 atom stereocenters. The molecule has 2 heterocycles. The molecule has 0 radical (unpaired) electrons. The van der Waals surface area contributed by atoms with Crippen molar-refractivity contribution in [3.63, 3.8) is 0 Å². The first kappa shape index (κ1) is 19.1. The van der Waals surface area contributed by atoms with Crippen molar-refractivity contribution in [2.24, 2.45) is 0 Å². The Morgan fingerprint density at radius 3 is 2.37 bits per heavy atom. The summed E-state index contributed by atoms with van der Waals surface area (Å²) in [6.07, 6.45) is 0.210. The molecule has 4 rings (SSSR count). The van der Waals surface area contributed by atoms with Crippen molar-refractivity contribution in [3.8, 4) is 40.6 Å². The number of hydrogen-bond donors (Lipinski definition) is 1. The minimum absolute atomic E-state index is 0.0641. The monoisotopic (exact) mass is 406 g/mol. The molecule has 4 aromatic rings. The lowest BCUT2D eigenvalue weighted by Gasteiger charge is -2.15. The van der Waals surface area contributed by atoms with Gasteiger partial charge in [-0.15, -0.1) is 11.3 Å². The maximum atomic E-state index is 10.1. The van der Waals surface area contributed by atoms with E-state index in [1.807, 2.05) is 49.4 Å². The first-order valence-corrected chi connectivity index (χ1v) is 9.86. The molecule has 0 aliphatic rings. The molecule has 2 aromatic carbocycles. The predicted molar refractivity (Wildman–Crippen MR) is 116 cm³/mol. The van der Waals surface area contributed by atoms with Gasteiger partial charge in [0.25, 0.3) is 0 Å². The number of benzene rings is 2. The van der Waals surface area contributed by atoms with Gasteiger partial charge in [-0.25, -0.2) is 9.97 Å². The fourth-order valence-corrected chi connectivity index (χ4v) is 4.40. The second-order valence-electron chi connectivity index (χ2n) is 6.60. The van der Waals surface area contributed by atoms with E-state index in [4.69, 9.17) is 11.0 Å². The molecule has 0 spiro atoms. The second-order valence-corrected chi connectivity index (χ2v) is 7.72. The van der Waals surface area contributed by atoms with Gasteiger partial charge in [-0.3, -0.25) is 0 Å². The van der Waals surface area contributed by atoms with Crippen molar-refractivity contribution in [2.75, 3.05) is 5.73 Å². The largest absolute Gasteiger partial charge is 0.383 e. The van der Waals surface area contributed by atoms with Crippen molar-refractivity contribution in [1.29, 1.82) is 15.8 Å². The number of hydrogen-bond acceptors (Lipinski definition) is 7. The number of nitrogen functional groups attached to an aromatic ring is 1. The Bertz CT molecular complexity index is 1430. The van der Waals surface area contributed by atoms with Crippen molar-refractivity contribution < 1.29 is 0 Å². The minimum Gasteiger partial charge on any atom is -0.383 e. The number of nitrogens with zero attached hydrogens (tertiary/aromatic N) is 5. The first-order chi connectivity index (χ1) is 14.6. The van der Waals surface area contributed by atoms with E-state index in [9.17, 15) is 10.5 Å². The molecule has 0 aliphatic carbocycles. The van der Waals surface area contributed by atoms with Gasteiger partial charge in [0.05, 0.1) is 34.0 Å². The Labute approximate surface area is 177 Å². The van der Waals surface area contributed by atoms with Crippen LogP contribution in [-0.2, 0) is 6.42 Å².